The summed E-state index contributed by atoms with van der Waals surface area (Å²) in [6, 6.07) is 14.3. The van der Waals surface area contributed by atoms with E-state index in [2.05, 4.69) is 28.4 Å². The predicted molar refractivity (Wildman–Crippen MR) is 98.8 cm³/mol. The molecular formula is C20H26N2O3. The Morgan fingerprint density at radius 1 is 0.800 bits per heavy atom. The van der Waals surface area contributed by atoms with Gasteiger partial charge in [0.15, 0.2) is 11.5 Å². The van der Waals surface area contributed by atoms with E-state index in [-0.39, 0.29) is 6.04 Å². The topological polar surface area (TPSA) is 43.0 Å². The second-order valence-corrected chi connectivity index (χ2v) is 6.01. The molecule has 25 heavy (non-hydrogen) atoms. The van der Waals surface area contributed by atoms with E-state index in [0.717, 1.165) is 54.6 Å². The van der Waals surface area contributed by atoms with Crippen LogP contribution in [0.25, 0.3) is 0 Å². The minimum atomic E-state index is 0.0447. The van der Waals surface area contributed by atoms with Crippen LogP contribution in [0.15, 0.2) is 42.5 Å². The first-order chi connectivity index (χ1) is 12.3. The molecule has 1 atom stereocenters. The fraction of sp³-hybridized carbons (Fsp3) is 0.400. The molecule has 3 rings (SSSR count). The van der Waals surface area contributed by atoms with Crippen molar-refractivity contribution in [2.24, 2.45) is 0 Å². The van der Waals surface area contributed by atoms with E-state index in [1.807, 2.05) is 24.3 Å². The van der Waals surface area contributed by atoms with Crippen LogP contribution < -0.4 is 19.5 Å². The van der Waals surface area contributed by atoms with Crippen LogP contribution >= 0.6 is 0 Å². The van der Waals surface area contributed by atoms with E-state index in [1.54, 1.807) is 21.3 Å². The van der Waals surface area contributed by atoms with Crippen LogP contribution in [0.3, 0.4) is 0 Å². The number of rotatable bonds is 6. The van der Waals surface area contributed by atoms with Crippen molar-refractivity contribution in [3.05, 3.63) is 53.6 Å². The first kappa shape index (κ1) is 17.6. The van der Waals surface area contributed by atoms with Gasteiger partial charge in [-0.1, -0.05) is 30.3 Å². The summed E-state index contributed by atoms with van der Waals surface area (Å²) >= 11 is 0. The summed E-state index contributed by atoms with van der Waals surface area (Å²) in [6.45, 7) is 3.86. The molecule has 1 unspecified atom stereocenters. The van der Waals surface area contributed by atoms with Crippen molar-refractivity contribution in [2.75, 3.05) is 47.5 Å². The number of methoxy groups -OCH3 is 3. The van der Waals surface area contributed by atoms with Crippen molar-refractivity contribution < 1.29 is 14.2 Å². The maximum Gasteiger partial charge on any atom is 0.165 e. The van der Waals surface area contributed by atoms with Gasteiger partial charge >= 0.3 is 0 Å². The lowest BCUT2D eigenvalue weighted by Crippen LogP contribution is -2.45. The molecule has 134 valence electrons. The highest BCUT2D eigenvalue weighted by Crippen LogP contribution is 2.42. The van der Waals surface area contributed by atoms with E-state index in [0.29, 0.717) is 0 Å². The number of para-hydroxylation sites is 2. The molecule has 1 saturated heterocycles. The van der Waals surface area contributed by atoms with Crippen molar-refractivity contribution in [3.8, 4) is 17.2 Å². The van der Waals surface area contributed by atoms with E-state index >= 15 is 0 Å². The number of nitrogens with one attached hydrogen (secondary N) is 1. The maximum atomic E-state index is 5.73. The van der Waals surface area contributed by atoms with Crippen molar-refractivity contribution in [1.82, 2.24) is 10.2 Å². The number of benzene rings is 2. The number of nitrogens with zero attached hydrogens (tertiary/aromatic N) is 1. The van der Waals surface area contributed by atoms with Crippen molar-refractivity contribution in [3.63, 3.8) is 0 Å². The molecule has 5 heteroatoms. The van der Waals surface area contributed by atoms with Gasteiger partial charge in [0.2, 0.25) is 0 Å². The van der Waals surface area contributed by atoms with E-state index < -0.39 is 0 Å². The van der Waals surface area contributed by atoms with Crippen molar-refractivity contribution in [2.45, 2.75) is 6.04 Å². The summed E-state index contributed by atoms with van der Waals surface area (Å²) in [7, 11) is 5.08. The Morgan fingerprint density at radius 3 is 2.12 bits per heavy atom. The van der Waals surface area contributed by atoms with Gasteiger partial charge in [0, 0.05) is 37.3 Å². The molecule has 1 heterocycles. The second-order valence-electron chi connectivity index (χ2n) is 6.01. The molecule has 0 amide bonds. The summed E-state index contributed by atoms with van der Waals surface area (Å²) in [5.41, 5.74) is 2.23. The van der Waals surface area contributed by atoms with Crippen LogP contribution in [-0.2, 0) is 0 Å². The number of hydrogen-bond acceptors (Lipinski definition) is 5. The van der Waals surface area contributed by atoms with Crippen LogP contribution in [0.4, 0.5) is 0 Å². The zero-order chi connectivity index (χ0) is 17.6. The molecule has 0 radical (unpaired) electrons. The highest BCUT2D eigenvalue weighted by molar-refractivity contribution is 5.52. The zero-order valence-corrected chi connectivity index (χ0v) is 15.1. The molecule has 1 N–H and O–H groups in total. The Morgan fingerprint density at radius 2 is 1.44 bits per heavy atom. The van der Waals surface area contributed by atoms with Crippen LogP contribution in [0.2, 0.25) is 0 Å². The maximum absolute atomic E-state index is 5.73. The molecule has 0 bridgehead atoms. The summed E-state index contributed by atoms with van der Waals surface area (Å²) in [4.78, 5) is 2.46. The molecule has 1 aliphatic rings. The summed E-state index contributed by atoms with van der Waals surface area (Å²) < 4.78 is 16.9. The highest BCUT2D eigenvalue weighted by atomic mass is 16.5. The average Bonchev–Trinajstić information content (AvgIpc) is 2.69. The standard InChI is InChI=1S/C20H26N2O3/c1-23-17-9-5-4-7-15(17)19(22-13-11-21-12-14-22)16-8-6-10-18(24-2)20(16)25-3/h4-10,19,21H,11-14H2,1-3H3. The van der Waals surface area contributed by atoms with Crippen molar-refractivity contribution in [1.29, 1.82) is 0 Å². The predicted octanol–water partition coefficient (Wildman–Crippen LogP) is 2.71. The fourth-order valence-corrected chi connectivity index (χ4v) is 3.52. The Balaban J connectivity index is 2.15. The van der Waals surface area contributed by atoms with Gasteiger partial charge in [-0.25, -0.2) is 0 Å². The summed E-state index contributed by atoms with van der Waals surface area (Å²) in [5, 5.41) is 3.42. The molecule has 0 spiro atoms. The van der Waals surface area contributed by atoms with Gasteiger partial charge in [0.05, 0.1) is 27.4 Å². The number of ether oxygens (including phenoxy) is 3. The molecular weight excluding hydrogens is 316 g/mol. The van der Waals surface area contributed by atoms with Gasteiger partial charge in [-0.3, -0.25) is 4.90 Å². The van der Waals surface area contributed by atoms with Crippen LogP contribution in [0, 0.1) is 0 Å². The van der Waals surface area contributed by atoms with Gasteiger partial charge in [-0.15, -0.1) is 0 Å². The molecule has 1 aliphatic heterocycles. The van der Waals surface area contributed by atoms with Gasteiger partial charge in [-0.05, 0) is 12.1 Å². The molecule has 1 fully saturated rings. The summed E-state index contributed by atoms with van der Waals surface area (Å²) in [5.74, 6) is 2.41. The van der Waals surface area contributed by atoms with Gasteiger partial charge in [-0.2, -0.15) is 0 Å². The van der Waals surface area contributed by atoms with Crippen LogP contribution in [0.1, 0.15) is 17.2 Å². The minimum absolute atomic E-state index is 0.0447. The molecule has 5 nitrogen and oxygen atoms in total. The Bertz CT molecular complexity index is 699. The largest absolute Gasteiger partial charge is 0.496 e. The lowest BCUT2D eigenvalue weighted by Gasteiger charge is -2.36. The molecule has 2 aromatic rings. The third kappa shape index (κ3) is 3.57. The normalized spacial score (nSPS) is 16.3. The third-order valence-electron chi connectivity index (χ3n) is 4.68. The van der Waals surface area contributed by atoms with Gasteiger partial charge in [0.1, 0.15) is 5.75 Å². The van der Waals surface area contributed by atoms with Crippen molar-refractivity contribution >= 4 is 0 Å². The molecule has 0 saturated carbocycles. The number of piperazine rings is 1. The van der Waals surface area contributed by atoms with Gasteiger partial charge < -0.3 is 19.5 Å². The Labute approximate surface area is 149 Å². The zero-order valence-electron chi connectivity index (χ0n) is 15.1. The Kier molecular flexibility index (Phi) is 5.79. The lowest BCUT2D eigenvalue weighted by molar-refractivity contribution is 0.191. The van der Waals surface area contributed by atoms with Gasteiger partial charge in [0.25, 0.3) is 0 Å². The first-order valence-electron chi connectivity index (χ1n) is 8.58. The third-order valence-corrected chi connectivity index (χ3v) is 4.68. The minimum Gasteiger partial charge on any atom is -0.496 e. The molecule has 0 aliphatic carbocycles. The lowest BCUT2D eigenvalue weighted by atomic mass is 9.94. The van der Waals surface area contributed by atoms with E-state index in [9.17, 15) is 0 Å². The SMILES string of the molecule is COc1ccccc1C(c1cccc(OC)c1OC)N1CCNCC1. The quantitative estimate of drug-likeness (QED) is 0.874. The van der Waals surface area contributed by atoms with E-state index in [4.69, 9.17) is 14.2 Å². The smallest absolute Gasteiger partial charge is 0.165 e. The second kappa shape index (κ2) is 8.23. The average molecular weight is 342 g/mol. The van der Waals surface area contributed by atoms with E-state index in [1.165, 1.54) is 0 Å². The van der Waals surface area contributed by atoms with Crippen LogP contribution in [0.5, 0.6) is 17.2 Å². The Hall–Kier alpha value is -2.24. The first-order valence-corrected chi connectivity index (χ1v) is 8.58. The monoisotopic (exact) mass is 342 g/mol. The van der Waals surface area contributed by atoms with Crippen LogP contribution in [-0.4, -0.2) is 52.4 Å². The molecule has 2 aromatic carbocycles. The summed E-state index contributed by atoms with van der Waals surface area (Å²) in [6.07, 6.45) is 0. The number of hydrogen-bond donors (Lipinski definition) is 1. The fourth-order valence-electron chi connectivity index (χ4n) is 3.52. The molecule has 0 aromatic heterocycles. The highest BCUT2D eigenvalue weighted by Gasteiger charge is 2.29.